The molecule has 0 heterocycles. The van der Waals surface area contributed by atoms with Gasteiger partial charge in [0, 0.05) is 4.47 Å². The van der Waals surface area contributed by atoms with Crippen LogP contribution < -0.4 is 9.47 Å². The van der Waals surface area contributed by atoms with Crippen LogP contribution in [0.4, 0.5) is 17.6 Å². The number of methoxy groups -OCH3 is 1. The molecule has 0 unspecified atom stereocenters. The Hall–Kier alpha value is -0.980. The van der Waals surface area contributed by atoms with Gasteiger partial charge in [-0.2, -0.15) is 8.78 Å². The second-order valence-corrected chi connectivity index (χ2v) is 4.06. The molecule has 0 N–H and O–H groups in total. The van der Waals surface area contributed by atoms with E-state index >= 15 is 0 Å². The lowest BCUT2D eigenvalue weighted by Gasteiger charge is -2.17. The van der Waals surface area contributed by atoms with Gasteiger partial charge in [0.2, 0.25) is 0 Å². The monoisotopic (exact) mass is 316 g/mol. The van der Waals surface area contributed by atoms with E-state index in [9.17, 15) is 17.6 Å². The van der Waals surface area contributed by atoms with Gasteiger partial charge in [0.1, 0.15) is 0 Å². The first-order valence-electron chi connectivity index (χ1n) is 4.49. The summed E-state index contributed by atoms with van der Waals surface area (Å²) < 4.78 is 59.2. The Morgan fingerprint density at radius 3 is 2.47 bits per heavy atom. The van der Waals surface area contributed by atoms with Gasteiger partial charge in [-0.1, -0.05) is 15.9 Å². The van der Waals surface area contributed by atoms with Crippen molar-refractivity contribution < 1.29 is 27.0 Å². The molecule has 2 nitrogen and oxygen atoms in total. The Labute approximate surface area is 104 Å². The third-order valence-electron chi connectivity index (χ3n) is 1.87. The van der Waals surface area contributed by atoms with E-state index in [0.29, 0.717) is 4.47 Å². The van der Waals surface area contributed by atoms with Gasteiger partial charge in [-0.15, -0.1) is 0 Å². The van der Waals surface area contributed by atoms with Gasteiger partial charge in [0.15, 0.2) is 18.1 Å². The minimum Gasteiger partial charge on any atom is -0.493 e. The molecule has 1 aromatic rings. The molecule has 0 aliphatic carbocycles. The molecule has 0 amide bonds. The fourth-order valence-electron chi connectivity index (χ4n) is 1.00. The second-order valence-electron chi connectivity index (χ2n) is 3.15. The maximum atomic E-state index is 12.6. The maximum Gasteiger partial charge on any atom is 0.340 e. The van der Waals surface area contributed by atoms with Crippen LogP contribution in [0.5, 0.6) is 11.5 Å². The third-order valence-corrected chi connectivity index (χ3v) is 2.36. The van der Waals surface area contributed by atoms with E-state index in [-0.39, 0.29) is 11.5 Å². The summed E-state index contributed by atoms with van der Waals surface area (Å²) in [6.07, 6.45) is -3.76. The van der Waals surface area contributed by atoms with Gasteiger partial charge in [0.05, 0.1) is 7.11 Å². The summed E-state index contributed by atoms with van der Waals surface area (Å²) >= 11 is 3.10. The van der Waals surface area contributed by atoms with Crippen molar-refractivity contribution in [2.45, 2.75) is 12.3 Å². The highest BCUT2D eigenvalue weighted by Crippen LogP contribution is 2.32. The number of ether oxygens (including phenoxy) is 2. The van der Waals surface area contributed by atoms with Crippen LogP contribution in [-0.4, -0.2) is 26.1 Å². The molecule has 0 aliphatic heterocycles. The predicted octanol–water partition coefficient (Wildman–Crippen LogP) is 3.74. The largest absolute Gasteiger partial charge is 0.493 e. The first-order chi connectivity index (χ1) is 7.86. The molecule has 96 valence electrons. The summed E-state index contributed by atoms with van der Waals surface area (Å²) in [5.74, 6) is -4.02. The maximum absolute atomic E-state index is 12.6. The van der Waals surface area contributed by atoms with Crippen LogP contribution in [0.15, 0.2) is 22.7 Å². The summed E-state index contributed by atoms with van der Waals surface area (Å²) in [7, 11) is 1.32. The highest BCUT2D eigenvalue weighted by molar-refractivity contribution is 9.10. The van der Waals surface area contributed by atoms with E-state index in [4.69, 9.17) is 4.74 Å². The number of benzene rings is 1. The van der Waals surface area contributed by atoms with Crippen LogP contribution in [0.2, 0.25) is 0 Å². The SMILES string of the molecule is COc1ccc(Br)cc1OCC(F)(F)C(F)F. The molecule has 1 rings (SSSR count). The number of rotatable bonds is 5. The minimum atomic E-state index is -4.19. The number of hydrogen-bond acceptors (Lipinski definition) is 2. The van der Waals surface area contributed by atoms with Crippen molar-refractivity contribution in [2.75, 3.05) is 13.7 Å². The van der Waals surface area contributed by atoms with Crippen molar-refractivity contribution in [1.29, 1.82) is 0 Å². The van der Waals surface area contributed by atoms with Gasteiger partial charge in [-0.3, -0.25) is 0 Å². The molecule has 0 aliphatic rings. The van der Waals surface area contributed by atoms with E-state index in [1.54, 1.807) is 6.07 Å². The molecule has 17 heavy (non-hydrogen) atoms. The zero-order chi connectivity index (χ0) is 13.1. The lowest BCUT2D eigenvalue weighted by molar-refractivity contribution is -0.148. The summed E-state index contributed by atoms with van der Waals surface area (Å²) in [4.78, 5) is 0. The minimum absolute atomic E-state index is 0.0257. The van der Waals surface area contributed by atoms with Crippen molar-refractivity contribution in [2.24, 2.45) is 0 Å². The van der Waals surface area contributed by atoms with E-state index in [2.05, 4.69) is 20.7 Å². The summed E-state index contributed by atoms with van der Waals surface area (Å²) in [5, 5.41) is 0. The van der Waals surface area contributed by atoms with E-state index in [0.717, 1.165) is 0 Å². The van der Waals surface area contributed by atoms with Crippen LogP contribution in [0.25, 0.3) is 0 Å². The predicted molar refractivity (Wildman–Crippen MR) is 57.1 cm³/mol. The van der Waals surface area contributed by atoms with Crippen molar-refractivity contribution in [3.8, 4) is 11.5 Å². The van der Waals surface area contributed by atoms with Crippen LogP contribution in [0.3, 0.4) is 0 Å². The Morgan fingerprint density at radius 2 is 1.94 bits per heavy atom. The normalized spacial score (nSPS) is 11.7. The van der Waals surface area contributed by atoms with Crippen molar-refractivity contribution in [3.63, 3.8) is 0 Å². The molecule has 0 fully saturated rings. The molecule has 0 saturated heterocycles. The number of alkyl halides is 4. The molecule has 0 atom stereocenters. The topological polar surface area (TPSA) is 18.5 Å². The lowest BCUT2D eigenvalue weighted by atomic mass is 10.3. The first-order valence-corrected chi connectivity index (χ1v) is 5.28. The molecule has 1 aromatic carbocycles. The molecule has 0 bridgehead atoms. The number of halogens is 5. The van der Waals surface area contributed by atoms with E-state index < -0.39 is 19.0 Å². The molecule has 0 radical (unpaired) electrons. The van der Waals surface area contributed by atoms with E-state index in [1.807, 2.05) is 0 Å². The van der Waals surface area contributed by atoms with Crippen molar-refractivity contribution in [3.05, 3.63) is 22.7 Å². The average molecular weight is 317 g/mol. The Bertz CT molecular complexity index is 385. The van der Waals surface area contributed by atoms with E-state index in [1.165, 1.54) is 19.2 Å². The number of hydrogen-bond donors (Lipinski definition) is 0. The summed E-state index contributed by atoms with van der Waals surface area (Å²) in [6, 6.07) is 4.44. The zero-order valence-corrected chi connectivity index (χ0v) is 10.3. The molecule has 0 spiro atoms. The smallest absolute Gasteiger partial charge is 0.340 e. The first kappa shape index (κ1) is 14.1. The Morgan fingerprint density at radius 1 is 1.29 bits per heavy atom. The Kier molecular flexibility index (Phi) is 4.62. The van der Waals surface area contributed by atoms with Crippen molar-refractivity contribution in [1.82, 2.24) is 0 Å². The average Bonchev–Trinajstić information content (AvgIpc) is 2.26. The van der Waals surface area contributed by atoms with Crippen LogP contribution >= 0.6 is 15.9 Å². The molecule has 7 heteroatoms. The van der Waals surface area contributed by atoms with Gasteiger partial charge in [-0.05, 0) is 18.2 Å². The molecule has 0 saturated carbocycles. The van der Waals surface area contributed by atoms with Gasteiger partial charge < -0.3 is 9.47 Å². The summed E-state index contributed by atoms with van der Waals surface area (Å²) in [6.45, 7) is -1.41. The highest BCUT2D eigenvalue weighted by atomic mass is 79.9. The fourth-order valence-corrected chi connectivity index (χ4v) is 1.34. The standard InChI is InChI=1S/C10H9BrF4O2/c1-16-7-3-2-6(11)4-8(7)17-5-10(14,15)9(12)13/h2-4,9H,5H2,1H3. The van der Waals surface area contributed by atoms with Crippen LogP contribution in [0.1, 0.15) is 0 Å². The third kappa shape index (κ3) is 3.76. The lowest BCUT2D eigenvalue weighted by Crippen LogP contribution is -2.33. The molecular formula is C10H9BrF4O2. The van der Waals surface area contributed by atoms with Gasteiger partial charge in [-0.25, -0.2) is 8.78 Å². The quantitative estimate of drug-likeness (QED) is 0.770. The molecular weight excluding hydrogens is 308 g/mol. The molecule has 0 aromatic heterocycles. The van der Waals surface area contributed by atoms with Crippen LogP contribution in [0, 0.1) is 0 Å². The van der Waals surface area contributed by atoms with Gasteiger partial charge in [0.25, 0.3) is 0 Å². The summed E-state index contributed by atoms with van der Waals surface area (Å²) in [5.41, 5.74) is 0. The zero-order valence-electron chi connectivity index (χ0n) is 8.72. The Balaban J connectivity index is 2.78. The fraction of sp³-hybridized carbons (Fsp3) is 0.400. The van der Waals surface area contributed by atoms with Crippen LogP contribution in [-0.2, 0) is 0 Å². The highest BCUT2D eigenvalue weighted by Gasteiger charge is 2.41. The second kappa shape index (κ2) is 5.57. The van der Waals surface area contributed by atoms with Crippen molar-refractivity contribution >= 4 is 15.9 Å². The van der Waals surface area contributed by atoms with Gasteiger partial charge >= 0.3 is 12.3 Å².